The van der Waals surface area contributed by atoms with Crippen LogP contribution in [0, 0.1) is 6.92 Å². The van der Waals surface area contributed by atoms with Crippen LogP contribution in [0.1, 0.15) is 34.5 Å². The molecule has 2 aromatic heterocycles. The monoisotopic (exact) mass is 431 g/mol. The van der Waals surface area contributed by atoms with Crippen molar-refractivity contribution in [2.24, 2.45) is 0 Å². The lowest BCUT2D eigenvalue weighted by Gasteiger charge is -2.11. The maximum absolute atomic E-state index is 12.5. The molecule has 1 aromatic carbocycles. The number of carboxylic acid groups (broad SMARTS) is 1. The van der Waals surface area contributed by atoms with E-state index in [1.54, 1.807) is 17.8 Å². The van der Waals surface area contributed by atoms with Gasteiger partial charge in [0.2, 0.25) is 5.91 Å². The molecule has 0 aliphatic heterocycles. The van der Waals surface area contributed by atoms with Crippen LogP contribution in [0.4, 0.5) is 5.82 Å². The van der Waals surface area contributed by atoms with Crippen LogP contribution in [-0.4, -0.2) is 36.5 Å². The zero-order valence-corrected chi connectivity index (χ0v) is 16.3. The summed E-state index contributed by atoms with van der Waals surface area (Å²) in [6.07, 6.45) is 4.31. The molecule has 2 heterocycles. The molecule has 0 fully saturated rings. The molecule has 1 atom stereocenters. The number of nitrogens with one attached hydrogen (secondary N) is 1. The number of nitrogens with zero attached hydrogens (tertiary/aromatic N) is 4. The summed E-state index contributed by atoms with van der Waals surface area (Å²) in [6.45, 7) is 4.23. The summed E-state index contributed by atoms with van der Waals surface area (Å²) in [7, 11) is 0. The third-order valence-electron chi connectivity index (χ3n) is 4.05. The van der Waals surface area contributed by atoms with Crippen molar-refractivity contribution < 1.29 is 14.7 Å². The fourth-order valence-electron chi connectivity index (χ4n) is 2.44. The first-order valence-corrected chi connectivity index (χ1v) is 8.99. The molecule has 0 aliphatic rings. The summed E-state index contributed by atoms with van der Waals surface area (Å²) in [5.41, 5.74) is 2.31. The number of anilines is 1. The van der Waals surface area contributed by atoms with Gasteiger partial charge in [0.25, 0.3) is 0 Å². The van der Waals surface area contributed by atoms with E-state index in [1.807, 2.05) is 31.2 Å². The van der Waals surface area contributed by atoms with Gasteiger partial charge in [-0.15, -0.1) is 0 Å². The topological polar surface area (TPSA) is 102 Å². The minimum Gasteiger partial charge on any atom is -0.478 e. The van der Waals surface area contributed by atoms with E-state index in [-0.39, 0.29) is 11.5 Å². The third-order valence-corrected chi connectivity index (χ3v) is 4.63. The molecular formula is C18H18BrN5O3. The van der Waals surface area contributed by atoms with Gasteiger partial charge in [0, 0.05) is 12.4 Å². The van der Waals surface area contributed by atoms with E-state index in [0.29, 0.717) is 16.8 Å². The van der Waals surface area contributed by atoms with Crippen LogP contribution in [0.2, 0.25) is 0 Å². The van der Waals surface area contributed by atoms with Gasteiger partial charge in [-0.25, -0.2) is 4.79 Å². The SMILES string of the molecule is Cc1ccc(Cn2cc(Br)c(NC(=O)C(C)n3cc(C(=O)O)cn3)n2)cc1. The van der Waals surface area contributed by atoms with Gasteiger partial charge in [0.05, 0.1) is 22.8 Å². The summed E-state index contributed by atoms with van der Waals surface area (Å²) in [5.74, 6) is -1.05. The molecule has 0 saturated carbocycles. The van der Waals surface area contributed by atoms with Crippen molar-refractivity contribution in [2.45, 2.75) is 26.4 Å². The van der Waals surface area contributed by atoms with E-state index in [2.05, 4.69) is 31.4 Å². The van der Waals surface area contributed by atoms with E-state index in [0.717, 1.165) is 5.56 Å². The van der Waals surface area contributed by atoms with Crippen molar-refractivity contribution in [1.82, 2.24) is 19.6 Å². The van der Waals surface area contributed by atoms with E-state index >= 15 is 0 Å². The Morgan fingerprint density at radius 3 is 2.59 bits per heavy atom. The van der Waals surface area contributed by atoms with Crippen molar-refractivity contribution in [3.63, 3.8) is 0 Å². The molecule has 2 N–H and O–H groups in total. The second-order valence-corrected chi connectivity index (χ2v) is 7.04. The van der Waals surface area contributed by atoms with Gasteiger partial charge >= 0.3 is 5.97 Å². The number of carbonyl (C=O) groups excluding carboxylic acids is 1. The zero-order chi connectivity index (χ0) is 19.6. The number of aromatic carboxylic acids is 1. The number of hydrogen-bond donors (Lipinski definition) is 2. The minimum absolute atomic E-state index is 0.0261. The fraction of sp³-hybridized carbons (Fsp3) is 0.222. The number of aryl methyl sites for hydroxylation is 1. The number of carboxylic acids is 1. The number of carbonyl (C=O) groups is 2. The normalized spacial score (nSPS) is 12.0. The van der Waals surface area contributed by atoms with Crippen LogP contribution in [0.3, 0.4) is 0 Å². The molecule has 0 radical (unpaired) electrons. The van der Waals surface area contributed by atoms with Crippen molar-refractivity contribution >= 4 is 33.6 Å². The molecule has 9 heteroatoms. The van der Waals surface area contributed by atoms with Gasteiger partial charge in [0.1, 0.15) is 6.04 Å². The van der Waals surface area contributed by atoms with Gasteiger partial charge in [-0.1, -0.05) is 29.8 Å². The first kappa shape index (κ1) is 18.8. The van der Waals surface area contributed by atoms with Crippen LogP contribution >= 0.6 is 15.9 Å². The molecule has 0 aliphatic carbocycles. The van der Waals surface area contributed by atoms with E-state index in [9.17, 15) is 9.59 Å². The number of aromatic nitrogens is 4. The molecule has 0 saturated heterocycles. The molecule has 3 aromatic rings. The average molecular weight is 432 g/mol. The Balaban J connectivity index is 1.69. The molecule has 8 nitrogen and oxygen atoms in total. The molecule has 0 bridgehead atoms. The molecule has 1 unspecified atom stereocenters. The summed E-state index contributed by atoms with van der Waals surface area (Å²) < 4.78 is 3.68. The molecular weight excluding hydrogens is 414 g/mol. The summed E-state index contributed by atoms with van der Waals surface area (Å²) in [5, 5.41) is 20.0. The van der Waals surface area contributed by atoms with Crippen molar-refractivity contribution in [3.05, 3.63) is 64.0 Å². The van der Waals surface area contributed by atoms with E-state index in [1.165, 1.54) is 22.6 Å². The quantitative estimate of drug-likeness (QED) is 0.624. The number of halogens is 1. The second-order valence-electron chi connectivity index (χ2n) is 6.19. The number of rotatable bonds is 6. The number of amides is 1. The largest absolute Gasteiger partial charge is 0.478 e. The third kappa shape index (κ3) is 4.43. The van der Waals surface area contributed by atoms with Crippen LogP contribution < -0.4 is 5.32 Å². The maximum atomic E-state index is 12.5. The van der Waals surface area contributed by atoms with Crippen molar-refractivity contribution in [2.75, 3.05) is 5.32 Å². The van der Waals surface area contributed by atoms with Gasteiger partial charge < -0.3 is 10.4 Å². The Morgan fingerprint density at radius 1 is 1.26 bits per heavy atom. The van der Waals surface area contributed by atoms with Gasteiger partial charge in [-0.3, -0.25) is 14.2 Å². The molecule has 3 rings (SSSR count). The summed E-state index contributed by atoms with van der Waals surface area (Å²) >= 11 is 3.40. The molecule has 1 amide bonds. The van der Waals surface area contributed by atoms with Gasteiger partial charge in [0.15, 0.2) is 5.82 Å². The van der Waals surface area contributed by atoms with Crippen molar-refractivity contribution in [1.29, 1.82) is 0 Å². The highest BCUT2D eigenvalue weighted by molar-refractivity contribution is 9.10. The number of hydrogen-bond acceptors (Lipinski definition) is 4. The Labute approximate surface area is 163 Å². The molecule has 140 valence electrons. The Morgan fingerprint density at radius 2 is 1.96 bits per heavy atom. The van der Waals surface area contributed by atoms with Gasteiger partial charge in [-0.05, 0) is 35.3 Å². The predicted octanol–water partition coefficient (Wildman–Crippen LogP) is 3.10. The van der Waals surface area contributed by atoms with Crippen LogP contribution in [-0.2, 0) is 11.3 Å². The predicted molar refractivity (Wildman–Crippen MR) is 103 cm³/mol. The average Bonchev–Trinajstić information content (AvgIpc) is 3.24. The zero-order valence-electron chi connectivity index (χ0n) is 14.8. The lowest BCUT2D eigenvalue weighted by atomic mass is 10.1. The van der Waals surface area contributed by atoms with Crippen LogP contribution in [0.15, 0.2) is 47.3 Å². The minimum atomic E-state index is -1.09. The molecule has 0 spiro atoms. The first-order valence-electron chi connectivity index (χ1n) is 8.20. The van der Waals surface area contributed by atoms with Crippen LogP contribution in [0.25, 0.3) is 0 Å². The Bertz CT molecular complexity index is 977. The number of benzene rings is 1. The highest BCUT2D eigenvalue weighted by atomic mass is 79.9. The van der Waals surface area contributed by atoms with Crippen molar-refractivity contribution in [3.8, 4) is 0 Å². The Hall–Kier alpha value is -2.94. The maximum Gasteiger partial charge on any atom is 0.338 e. The fourth-order valence-corrected chi connectivity index (χ4v) is 2.86. The van der Waals surface area contributed by atoms with Gasteiger partial charge in [-0.2, -0.15) is 10.2 Å². The highest BCUT2D eigenvalue weighted by Gasteiger charge is 2.20. The summed E-state index contributed by atoms with van der Waals surface area (Å²) in [4.78, 5) is 23.4. The first-order chi connectivity index (χ1) is 12.8. The molecule has 27 heavy (non-hydrogen) atoms. The summed E-state index contributed by atoms with van der Waals surface area (Å²) in [6, 6.07) is 7.44. The Kier molecular flexibility index (Phi) is 5.41. The van der Waals surface area contributed by atoms with E-state index in [4.69, 9.17) is 5.11 Å². The lowest BCUT2D eigenvalue weighted by Crippen LogP contribution is -2.24. The lowest BCUT2D eigenvalue weighted by molar-refractivity contribution is -0.119. The smallest absolute Gasteiger partial charge is 0.338 e. The van der Waals surface area contributed by atoms with Crippen LogP contribution in [0.5, 0.6) is 0 Å². The van der Waals surface area contributed by atoms with E-state index < -0.39 is 12.0 Å². The second kappa shape index (κ2) is 7.75. The standard InChI is InChI=1S/C18H18BrN5O3/c1-11-3-5-13(6-4-11)8-23-10-15(19)16(22-23)21-17(25)12(2)24-9-14(7-20-24)18(26)27/h3-7,9-10,12H,8H2,1-2H3,(H,26,27)(H,21,22,25). The highest BCUT2D eigenvalue weighted by Crippen LogP contribution is 2.22.